The van der Waals surface area contributed by atoms with Crippen LogP contribution < -0.4 is 16.0 Å². The molecule has 1 aliphatic carbocycles. The fraction of sp³-hybridized carbons (Fsp3) is 0.136. The highest BCUT2D eigenvalue weighted by Crippen LogP contribution is 2.23. The number of aromatic nitrogens is 4. The van der Waals surface area contributed by atoms with E-state index in [1.165, 1.54) is 6.07 Å². The van der Waals surface area contributed by atoms with Gasteiger partial charge in [-0.05, 0) is 37.1 Å². The molecule has 8 nitrogen and oxygen atoms in total. The number of nitrogens with zero attached hydrogens (tertiary/aromatic N) is 4. The molecule has 0 atom stereocenters. The quantitative estimate of drug-likeness (QED) is 0.392. The van der Waals surface area contributed by atoms with Crippen molar-refractivity contribution in [3.63, 3.8) is 0 Å². The van der Waals surface area contributed by atoms with Crippen LogP contribution in [-0.4, -0.2) is 35.8 Å². The van der Waals surface area contributed by atoms with E-state index >= 15 is 0 Å². The van der Waals surface area contributed by atoms with E-state index in [9.17, 15) is 10.2 Å². The van der Waals surface area contributed by atoms with Crippen LogP contribution in [0, 0.1) is 12.3 Å². The SMILES string of the molecule is C#Cc1cccc(Nc2cc(=NC3CC3)n3ncc(=Cc4cc(O)[nH]c4O)c3n2)c1. The molecule has 4 aromatic rings. The molecule has 1 aliphatic rings. The Morgan fingerprint density at radius 2 is 2.13 bits per heavy atom. The van der Waals surface area contributed by atoms with Gasteiger partial charge in [0.15, 0.2) is 22.9 Å². The highest BCUT2D eigenvalue weighted by molar-refractivity contribution is 5.64. The highest BCUT2D eigenvalue weighted by Gasteiger charge is 2.20. The molecule has 1 saturated carbocycles. The third kappa shape index (κ3) is 3.44. The largest absolute Gasteiger partial charge is 0.494 e. The van der Waals surface area contributed by atoms with E-state index < -0.39 is 0 Å². The number of aromatic hydroxyl groups is 2. The van der Waals surface area contributed by atoms with E-state index in [0.717, 1.165) is 24.1 Å². The maximum atomic E-state index is 9.94. The minimum absolute atomic E-state index is 0.122. The van der Waals surface area contributed by atoms with Crippen molar-refractivity contribution >= 4 is 23.2 Å². The van der Waals surface area contributed by atoms with Gasteiger partial charge in [0.2, 0.25) is 0 Å². The Balaban J connectivity index is 1.66. The summed E-state index contributed by atoms with van der Waals surface area (Å²) < 4.78 is 1.68. The Kier molecular flexibility index (Phi) is 4.14. The van der Waals surface area contributed by atoms with Gasteiger partial charge in [0.1, 0.15) is 5.82 Å². The second-order valence-corrected chi connectivity index (χ2v) is 7.15. The number of anilines is 2. The standard InChI is InChI=1S/C22H18N6O2/c1-2-13-4-3-5-17(8-13)24-18-11-19(25-16-6-7-16)28-21(26-18)15(12-23-28)9-14-10-20(29)27-22(14)30/h1,3-5,8-12,16,24,27,29-30H,6-7H2. The van der Waals surface area contributed by atoms with Gasteiger partial charge < -0.3 is 15.5 Å². The van der Waals surface area contributed by atoms with Gasteiger partial charge in [-0.25, -0.2) is 4.98 Å². The lowest BCUT2D eigenvalue weighted by Crippen LogP contribution is -2.19. The molecular weight excluding hydrogens is 380 g/mol. The lowest BCUT2D eigenvalue weighted by Gasteiger charge is -2.07. The molecule has 0 radical (unpaired) electrons. The number of hydrogen-bond acceptors (Lipinski definition) is 6. The van der Waals surface area contributed by atoms with Gasteiger partial charge in [-0.2, -0.15) is 9.61 Å². The summed E-state index contributed by atoms with van der Waals surface area (Å²) in [6, 6.07) is 11.1. The topological polar surface area (TPSA) is 111 Å². The Morgan fingerprint density at radius 3 is 2.87 bits per heavy atom. The summed E-state index contributed by atoms with van der Waals surface area (Å²) in [4.78, 5) is 11.9. The molecule has 1 aromatic carbocycles. The predicted octanol–water partition coefficient (Wildman–Crippen LogP) is 1.80. The molecule has 148 valence electrons. The van der Waals surface area contributed by atoms with Gasteiger partial charge in [0, 0.05) is 34.2 Å². The summed E-state index contributed by atoms with van der Waals surface area (Å²) in [6.07, 6.45) is 11.0. The van der Waals surface area contributed by atoms with E-state index in [1.54, 1.807) is 16.8 Å². The Labute approximate surface area is 171 Å². The number of hydrogen-bond donors (Lipinski definition) is 4. The van der Waals surface area contributed by atoms with Crippen LogP contribution in [0.5, 0.6) is 11.8 Å². The summed E-state index contributed by atoms with van der Waals surface area (Å²) in [6.45, 7) is 0. The van der Waals surface area contributed by atoms with E-state index in [4.69, 9.17) is 16.4 Å². The molecule has 0 amide bonds. The summed E-state index contributed by atoms with van der Waals surface area (Å²) in [5.41, 5.74) is 3.29. The molecule has 0 bridgehead atoms. The molecule has 3 aromatic heterocycles. The van der Waals surface area contributed by atoms with Gasteiger partial charge in [-0.15, -0.1) is 6.42 Å². The first kappa shape index (κ1) is 17.8. The molecule has 30 heavy (non-hydrogen) atoms. The lowest BCUT2D eigenvalue weighted by atomic mass is 10.2. The van der Waals surface area contributed by atoms with E-state index in [2.05, 4.69) is 21.3 Å². The van der Waals surface area contributed by atoms with Crippen LogP contribution in [0.1, 0.15) is 24.0 Å². The number of nitrogens with one attached hydrogen (secondary N) is 2. The van der Waals surface area contributed by atoms with Gasteiger partial charge >= 0.3 is 0 Å². The Morgan fingerprint density at radius 1 is 1.27 bits per heavy atom. The fourth-order valence-corrected chi connectivity index (χ4v) is 3.17. The first-order valence-corrected chi connectivity index (χ1v) is 9.48. The maximum Gasteiger partial charge on any atom is 0.198 e. The van der Waals surface area contributed by atoms with Gasteiger partial charge in [-0.1, -0.05) is 12.0 Å². The monoisotopic (exact) mass is 398 g/mol. The molecule has 3 heterocycles. The minimum atomic E-state index is -0.130. The second-order valence-electron chi connectivity index (χ2n) is 7.15. The molecule has 1 fully saturated rings. The second kappa shape index (κ2) is 6.97. The number of aromatic amines is 1. The molecule has 0 spiro atoms. The smallest absolute Gasteiger partial charge is 0.198 e. The van der Waals surface area contributed by atoms with Gasteiger partial charge in [0.25, 0.3) is 0 Å². The molecule has 4 N–H and O–H groups in total. The van der Waals surface area contributed by atoms with Crippen molar-refractivity contribution in [2.45, 2.75) is 18.9 Å². The number of terminal acetylenes is 1. The zero-order valence-corrected chi connectivity index (χ0v) is 15.9. The van der Waals surface area contributed by atoms with Crippen molar-refractivity contribution < 1.29 is 10.2 Å². The summed E-state index contributed by atoms with van der Waals surface area (Å²) in [5.74, 6) is 2.98. The number of rotatable bonds is 4. The molecular formula is C22H18N6O2. The fourth-order valence-electron chi connectivity index (χ4n) is 3.17. The van der Waals surface area contributed by atoms with Crippen molar-refractivity contribution in [1.29, 1.82) is 0 Å². The van der Waals surface area contributed by atoms with Crippen molar-refractivity contribution in [2.24, 2.45) is 4.99 Å². The third-order valence-corrected chi connectivity index (χ3v) is 4.77. The van der Waals surface area contributed by atoms with Crippen LogP contribution in [-0.2, 0) is 0 Å². The van der Waals surface area contributed by atoms with Gasteiger partial charge in [-0.3, -0.25) is 9.98 Å². The lowest BCUT2D eigenvalue weighted by molar-refractivity contribution is 0.425. The zero-order chi connectivity index (χ0) is 20.7. The van der Waals surface area contributed by atoms with E-state index in [-0.39, 0.29) is 11.8 Å². The highest BCUT2D eigenvalue weighted by atomic mass is 16.3. The van der Waals surface area contributed by atoms with Crippen LogP contribution in [0.4, 0.5) is 11.5 Å². The van der Waals surface area contributed by atoms with E-state index in [1.807, 2.05) is 30.3 Å². The van der Waals surface area contributed by atoms with Crippen LogP contribution >= 0.6 is 0 Å². The van der Waals surface area contributed by atoms with Crippen molar-refractivity contribution in [3.8, 4) is 24.1 Å². The average molecular weight is 398 g/mol. The summed E-state index contributed by atoms with van der Waals surface area (Å²) in [7, 11) is 0. The number of H-pyrrole nitrogens is 1. The average Bonchev–Trinajstić information content (AvgIpc) is 3.37. The Hall–Kier alpha value is -4.25. The Bertz CT molecular complexity index is 1420. The van der Waals surface area contributed by atoms with Crippen molar-refractivity contribution in [2.75, 3.05) is 5.32 Å². The molecule has 5 rings (SSSR count). The van der Waals surface area contributed by atoms with Crippen LogP contribution in [0.15, 0.2) is 47.6 Å². The first-order valence-electron chi connectivity index (χ1n) is 9.48. The van der Waals surface area contributed by atoms with Gasteiger partial charge in [0.05, 0.1) is 12.2 Å². The summed E-state index contributed by atoms with van der Waals surface area (Å²) in [5, 5.41) is 27.9. The maximum absolute atomic E-state index is 9.94. The van der Waals surface area contributed by atoms with Crippen molar-refractivity contribution in [1.82, 2.24) is 19.6 Å². The summed E-state index contributed by atoms with van der Waals surface area (Å²) >= 11 is 0. The van der Waals surface area contributed by atoms with Crippen molar-refractivity contribution in [3.05, 3.63) is 64.4 Å². The minimum Gasteiger partial charge on any atom is -0.494 e. The van der Waals surface area contributed by atoms with Crippen LogP contribution in [0.25, 0.3) is 11.7 Å². The van der Waals surface area contributed by atoms with E-state index in [0.29, 0.717) is 33.8 Å². The molecule has 8 heteroatoms. The normalized spacial score (nSPS) is 14.9. The van der Waals surface area contributed by atoms with Crippen LogP contribution in [0.3, 0.4) is 0 Å². The molecule has 0 saturated heterocycles. The predicted molar refractivity (Wildman–Crippen MR) is 112 cm³/mol. The number of benzene rings is 1. The zero-order valence-electron chi connectivity index (χ0n) is 15.9. The number of fused-ring (bicyclic) bond motifs is 1. The van der Waals surface area contributed by atoms with Crippen LogP contribution in [0.2, 0.25) is 0 Å². The third-order valence-electron chi connectivity index (χ3n) is 4.77. The molecule has 0 unspecified atom stereocenters. The molecule has 0 aliphatic heterocycles. The first-order chi connectivity index (χ1) is 14.6.